The first-order valence-corrected chi connectivity index (χ1v) is 11.1. The van der Waals surface area contributed by atoms with Gasteiger partial charge in [0.15, 0.2) is 11.4 Å². The quantitative estimate of drug-likeness (QED) is 0.519. The van der Waals surface area contributed by atoms with Crippen molar-refractivity contribution in [3.8, 4) is 11.3 Å². The first kappa shape index (κ1) is 25.5. The Hall–Kier alpha value is -3.64. The minimum atomic E-state index is -4.63. The third-order valence-electron chi connectivity index (χ3n) is 5.97. The lowest BCUT2D eigenvalue weighted by Gasteiger charge is -2.43. The van der Waals surface area contributed by atoms with E-state index in [2.05, 4.69) is 25.4 Å². The summed E-state index contributed by atoms with van der Waals surface area (Å²) in [5.74, 6) is -4.40. The number of anilines is 1. The van der Waals surface area contributed by atoms with Gasteiger partial charge in [-0.2, -0.15) is 18.3 Å². The molecule has 1 N–H and O–H groups in total. The highest BCUT2D eigenvalue weighted by atomic mass is 19.4. The summed E-state index contributed by atoms with van der Waals surface area (Å²) in [7, 11) is 1.62. The zero-order valence-electron chi connectivity index (χ0n) is 19.7. The average Bonchev–Trinajstić information content (AvgIpc) is 3.18. The maximum absolute atomic E-state index is 14.6. The standard InChI is InChI=1S/C23H24F5N7O/c1-13-7-22(24,25)12-35(17(13)8-30-19-10-29-18(9-31-19)23(26,27)28)21(36)20-15(11-34(3)33-20)16-6-4-5-14(2)32-16/h4-6,9-11,13,17H,7-8,12H2,1-3H3,(H,30,31). The summed E-state index contributed by atoms with van der Waals surface area (Å²) in [6.07, 6.45) is -1.98. The van der Waals surface area contributed by atoms with E-state index in [9.17, 15) is 26.7 Å². The fourth-order valence-corrected chi connectivity index (χ4v) is 4.32. The molecule has 3 aromatic heterocycles. The molecule has 1 amide bonds. The summed E-state index contributed by atoms with van der Waals surface area (Å²) in [6.45, 7) is 2.55. The number of amides is 1. The molecule has 8 nitrogen and oxygen atoms in total. The molecule has 0 spiro atoms. The fourth-order valence-electron chi connectivity index (χ4n) is 4.32. The molecule has 0 saturated carbocycles. The molecule has 0 aliphatic carbocycles. The van der Waals surface area contributed by atoms with Gasteiger partial charge in [-0.05, 0) is 25.0 Å². The molecule has 1 fully saturated rings. The van der Waals surface area contributed by atoms with E-state index >= 15 is 0 Å². The highest BCUT2D eigenvalue weighted by molar-refractivity contribution is 5.98. The molecule has 1 aliphatic heterocycles. The van der Waals surface area contributed by atoms with E-state index in [1.165, 1.54) is 4.68 Å². The summed E-state index contributed by atoms with van der Waals surface area (Å²) in [6, 6.07) is 4.56. The molecule has 0 aromatic carbocycles. The van der Waals surface area contributed by atoms with Crippen LogP contribution >= 0.6 is 0 Å². The van der Waals surface area contributed by atoms with Crippen LogP contribution in [0.1, 0.15) is 35.2 Å². The number of hydrogen-bond acceptors (Lipinski definition) is 6. The van der Waals surface area contributed by atoms with E-state index < -0.39 is 48.6 Å². The number of nitrogens with zero attached hydrogens (tertiary/aromatic N) is 6. The van der Waals surface area contributed by atoms with Crippen molar-refractivity contribution in [2.24, 2.45) is 13.0 Å². The molecule has 4 rings (SSSR count). The van der Waals surface area contributed by atoms with E-state index in [-0.39, 0.29) is 18.1 Å². The first-order chi connectivity index (χ1) is 16.8. The second-order valence-corrected chi connectivity index (χ2v) is 8.93. The van der Waals surface area contributed by atoms with Crippen LogP contribution < -0.4 is 5.32 Å². The van der Waals surface area contributed by atoms with Crippen LogP contribution in [0.2, 0.25) is 0 Å². The number of halogens is 5. The molecular formula is C23H24F5N7O. The van der Waals surface area contributed by atoms with Gasteiger partial charge in [0.1, 0.15) is 5.82 Å². The third kappa shape index (κ3) is 5.44. The predicted molar refractivity (Wildman–Crippen MR) is 120 cm³/mol. The molecule has 2 unspecified atom stereocenters. The van der Waals surface area contributed by atoms with Crippen LogP contribution in [-0.2, 0) is 13.2 Å². The minimum Gasteiger partial charge on any atom is -0.367 e. The molecule has 13 heteroatoms. The molecule has 0 radical (unpaired) electrons. The maximum Gasteiger partial charge on any atom is 0.434 e. The van der Waals surface area contributed by atoms with Gasteiger partial charge in [0.05, 0.1) is 36.2 Å². The second kappa shape index (κ2) is 9.43. The zero-order chi connectivity index (χ0) is 26.3. The number of hydrogen-bond donors (Lipinski definition) is 1. The molecule has 36 heavy (non-hydrogen) atoms. The minimum absolute atomic E-state index is 0.0141. The number of alkyl halides is 5. The number of carbonyl (C=O) groups excluding carboxylic acids is 1. The van der Waals surface area contributed by atoms with Crippen LogP contribution in [0.4, 0.5) is 27.8 Å². The van der Waals surface area contributed by atoms with Crippen molar-refractivity contribution in [3.05, 3.63) is 53.9 Å². The molecule has 4 heterocycles. The number of piperidine rings is 1. The smallest absolute Gasteiger partial charge is 0.367 e. The Labute approximate surface area is 203 Å². The SMILES string of the molecule is Cc1cccc(-c2cn(C)nc2C(=O)N2CC(F)(F)CC(C)C2CNc2cnc(C(F)(F)F)cn2)n1. The van der Waals surface area contributed by atoms with Gasteiger partial charge in [0.25, 0.3) is 11.8 Å². The molecule has 3 aromatic rings. The van der Waals surface area contributed by atoms with E-state index in [1.54, 1.807) is 45.3 Å². The molecule has 192 valence electrons. The van der Waals surface area contributed by atoms with Crippen molar-refractivity contribution < 1.29 is 26.7 Å². The monoisotopic (exact) mass is 509 g/mol. The molecule has 0 bridgehead atoms. The zero-order valence-corrected chi connectivity index (χ0v) is 19.7. The molecule has 1 aliphatic rings. The fraction of sp³-hybridized carbons (Fsp3) is 0.435. The van der Waals surface area contributed by atoms with Gasteiger partial charge in [-0.25, -0.2) is 18.7 Å². The number of rotatable bonds is 5. The van der Waals surface area contributed by atoms with Gasteiger partial charge in [0.2, 0.25) is 0 Å². The number of pyridine rings is 1. The Bertz CT molecular complexity index is 1240. The summed E-state index contributed by atoms with van der Waals surface area (Å²) in [4.78, 5) is 26.2. The van der Waals surface area contributed by atoms with Gasteiger partial charge in [-0.15, -0.1) is 0 Å². The van der Waals surface area contributed by atoms with E-state index in [0.717, 1.165) is 11.1 Å². The lowest BCUT2D eigenvalue weighted by atomic mass is 9.88. The van der Waals surface area contributed by atoms with E-state index in [0.29, 0.717) is 23.1 Å². The first-order valence-electron chi connectivity index (χ1n) is 11.1. The Morgan fingerprint density at radius 3 is 2.61 bits per heavy atom. The number of carbonyl (C=O) groups is 1. The van der Waals surface area contributed by atoms with Crippen LogP contribution in [0.5, 0.6) is 0 Å². The summed E-state index contributed by atoms with van der Waals surface area (Å²) in [5, 5.41) is 7.07. The van der Waals surface area contributed by atoms with Crippen molar-refractivity contribution in [1.29, 1.82) is 0 Å². The Morgan fingerprint density at radius 1 is 1.22 bits per heavy atom. The molecule has 1 saturated heterocycles. The van der Waals surface area contributed by atoms with Crippen LogP contribution in [0.3, 0.4) is 0 Å². The average molecular weight is 509 g/mol. The molecular weight excluding hydrogens is 485 g/mol. The molecule has 2 atom stereocenters. The van der Waals surface area contributed by atoms with Crippen molar-refractivity contribution in [3.63, 3.8) is 0 Å². The van der Waals surface area contributed by atoms with Crippen molar-refractivity contribution in [1.82, 2.24) is 29.6 Å². The number of likely N-dealkylation sites (tertiary alicyclic amines) is 1. The highest BCUT2D eigenvalue weighted by Gasteiger charge is 2.47. The van der Waals surface area contributed by atoms with Crippen LogP contribution in [0.15, 0.2) is 36.8 Å². The Kier molecular flexibility index (Phi) is 6.67. The number of nitrogens with one attached hydrogen (secondary N) is 1. The van der Waals surface area contributed by atoms with Gasteiger partial charge in [0, 0.05) is 31.9 Å². The normalized spacial score (nSPS) is 19.8. The van der Waals surface area contributed by atoms with Gasteiger partial charge >= 0.3 is 6.18 Å². The number of aromatic nitrogens is 5. The van der Waals surface area contributed by atoms with Crippen molar-refractivity contribution >= 4 is 11.7 Å². The van der Waals surface area contributed by atoms with Crippen molar-refractivity contribution in [2.75, 3.05) is 18.4 Å². The summed E-state index contributed by atoms with van der Waals surface area (Å²) < 4.78 is 68.8. The van der Waals surface area contributed by atoms with E-state index in [4.69, 9.17) is 0 Å². The van der Waals surface area contributed by atoms with Gasteiger partial charge < -0.3 is 10.2 Å². The summed E-state index contributed by atoms with van der Waals surface area (Å²) in [5.41, 5.74) is 0.446. The van der Waals surface area contributed by atoms with Crippen LogP contribution in [-0.4, -0.2) is 60.6 Å². The second-order valence-electron chi connectivity index (χ2n) is 8.93. The third-order valence-corrected chi connectivity index (χ3v) is 5.97. The lowest BCUT2D eigenvalue weighted by molar-refractivity contribution is -0.141. The Morgan fingerprint density at radius 2 is 1.97 bits per heavy atom. The Balaban J connectivity index is 1.61. The topological polar surface area (TPSA) is 88.8 Å². The maximum atomic E-state index is 14.6. The lowest BCUT2D eigenvalue weighted by Crippen LogP contribution is -2.57. The number of aryl methyl sites for hydroxylation is 2. The van der Waals surface area contributed by atoms with Gasteiger partial charge in [-0.3, -0.25) is 14.5 Å². The van der Waals surface area contributed by atoms with Crippen molar-refractivity contribution in [2.45, 2.75) is 38.4 Å². The summed E-state index contributed by atoms with van der Waals surface area (Å²) >= 11 is 0. The largest absolute Gasteiger partial charge is 0.434 e. The van der Waals surface area contributed by atoms with Gasteiger partial charge in [-0.1, -0.05) is 13.0 Å². The van der Waals surface area contributed by atoms with E-state index in [1.807, 2.05) is 0 Å². The van der Waals surface area contributed by atoms with Crippen LogP contribution in [0.25, 0.3) is 11.3 Å². The predicted octanol–water partition coefficient (Wildman–Crippen LogP) is 4.20. The highest BCUT2D eigenvalue weighted by Crippen LogP contribution is 2.36. The van der Waals surface area contributed by atoms with Crippen LogP contribution in [0, 0.1) is 12.8 Å².